The lowest BCUT2D eigenvalue weighted by molar-refractivity contribution is 0.145. The van der Waals surface area contributed by atoms with Crippen LogP contribution in [-0.4, -0.2) is 4.98 Å². The summed E-state index contributed by atoms with van der Waals surface area (Å²) < 4.78 is 24.8. The maximum absolute atomic E-state index is 12.3. The van der Waals surface area contributed by atoms with Gasteiger partial charge in [-0.15, -0.1) is 0 Å². The summed E-state index contributed by atoms with van der Waals surface area (Å²) in [4.78, 5) is 3.53. The lowest BCUT2D eigenvalue weighted by Gasteiger charge is -2.04. The summed E-state index contributed by atoms with van der Waals surface area (Å²) in [6.07, 6.45) is -2.75. The van der Waals surface area contributed by atoms with Crippen molar-refractivity contribution in [2.45, 2.75) is 6.43 Å². The molecule has 0 bridgehead atoms. The molecule has 1 rings (SSSR count). The second kappa shape index (κ2) is 3.83. The van der Waals surface area contributed by atoms with Crippen molar-refractivity contribution in [2.24, 2.45) is 0 Å². The van der Waals surface area contributed by atoms with Gasteiger partial charge in [0.25, 0.3) is 6.43 Å². The predicted molar refractivity (Wildman–Crippen MR) is 51.0 cm³/mol. The normalized spacial score (nSPS) is 10.1. The van der Waals surface area contributed by atoms with E-state index in [1.807, 2.05) is 0 Å². The minimum atomic E-state index is -2.75. The molecule has 13 heavy (non-hydrogen) atoms. The van der Waals surface area contributed by atoms with Gasteiger partial charge in [0, 0.05) is 0 Å². The van der Waals surface area contributed by atoms with Gasteiger partial charge in [0.15, 0.2) is 0 Å². The molecule has 68 valence electrons. The Kier molecular flexibility index (Phi) is 2.98. The number of anilines is 1. The van der Waals surface area contributed by atoms with Crippen LogP contribution in [0.5, 0.6) is 0 Å². The number of nitrogens with two attached hydrogens (primary N) is 1. The molecule has 1 aromatic rings. The molecule has 0 aliphatic heterocycles. The van der Waals surface area contributed by atoms with Crippen LogP contribution in [0.15, 0.2) is 6.07 Å². The standard InChI is InChI=1S/C7H4F2IN3/c8-6(9)5-3(2-11)1-4(12)7(10)13-5/h1,6H,12H2. The number of nitrogen functional groups attached to an aromatic ring is 1. The van der Waals surface area contributed by atoms with Gasteiger partial charge in [0.05, 0.1) is 11.3 Å². The lowest BCUT2D eigenvalue weighted by atomic mass is 10.2. The van der Waals surface area contributed by atoms with Gasteiger partial charge >= 0.3 is 0 Å². The summed E-state index contributed by atoms with van der Waals surface area (Å²) >= 11 is 1.74. The van der Waals surface area contributed by atoms with Crippen LogP contribution in [0.1, 0.15) is 17.7 Å². The number of hydrogen-bond donors (Lipinski definition) is 1. The molecule has 0 spiro atoms. The number of pyridine rings is 1. The van der Waals surface area contributed by atoms with Crippen molar-refractivity contribution in [3.05, 3.63) is 21.0 Å². The van der Waals surface area contributed by atoms with E-state index in [9.17, 15) is 8.78 Å². The fourth-order valence-electron chi connectivity index (χ4n) is 0.775. The fourth-order valence-corrected chi connectivity index (χ4v) is 1.19. The highest BCUT2D eigenvalue weighted by atomic mass is 127. The van der Waals surface area contributed by atoms with Crippen LogP contribution in [0, 0.1) is 15.0 Å². The van der Waals surface area contributed by atoms with Gasteiger partial charge in [-0.2, -0.15) is 5.26 Å². The molecule has 0 radical (unpaired) electrons. The van der Waals surface area contributed by atoms with Gasteiger partial charge < -0.3 is 5.73 Å². The van der Waals surface area contributed by atoms with Crippen LogP contribution in [0.4, 0.5) is 14.5 Å². The average Bonchev–Trinajstić information content (AvgIpc) is 2.08. The number of aromatic nitrogens is 1. The zero-order chi connectivity index (χ0) is 10.0. The smallest absolute Gasteiger partial charge is 0.281 e. The van der Waals surface area contributed by atoms with Crippen LogP contribution < -0.4 is 5.73 Å². The molecular formula is C7H4F2IN3. The highest BCUT2D eigenvalue weighted by Gasteiger charge is 2.16. The number of halogens is 3. The molecule has 0 aromatic carbocycles. The topological polar surface area (TPSA) is 62.7 Å². The summed E-state index contributed by atoms with van der Waals surface area (Å²) in [5, 5.41) is 8.50. The fraction of sp³-hybridized carbons (Fsp3) is 0.143. The molecule has 0 atom stereocenters. The summed E-state index contributed by atoms with van der Waals surface area (Å²) in [7, 11) is 0. The van der Waals surface area contributed by atoms with Crippen molar-refractivity contribution in [3.63, 3.8) is 0 Å². The molecular weight excluding hydrogens is 291 g/mol. The molecule has 0 aliphatic carbocycles. The molecule has 1 heterocycles. The third kappa shape index (κ3) is 2.03. The van der Waals surface area contributed by atoms with Crippen molar-refractivity contribution < 1.29 is 8.78 Å². The number of nitriles is 1. The Labute approximate surface area is 86.7 Å². The summed E-state index contributed by atoms with van der Waals surface area (Å²) in [5.41, 5.74) is 4.95. The van der Waals surface area contributed by atoms with Crippen molar-refractivity contribution >= 4 is 28.3 Å². The molecule has 0 aliphatic rings. The van der Waals surface area contributed by atoms with Crippen molar-refractivity contribution in [2.75, 3.05) is 5.73 Å². The Balaban J connectivity index is 3.35. The largest absolute Gasteiger partial charge is 0.397 e. The van der Waals surface area contributed by atoms with Gasteiger partial charge in [-0.3, -0.25) is 0 Å². The Hall–Kier alpha value is -0.970. The number of hydrogen-bond acceptors (Lipinski definition) is 3. The molecule has 1 aromatic heterocycles. The Bertz CT molecular complexity index is 373. The van der Waals surface area contributed by atoms with Gasteiger partial charge in [0.2, 0.25) is 0 Å². The van der Waals surface area contributed by atoms with Crippen LogP contribution in [-0.2, 0) is 0 Å². The molecule has 0 unspecified atom stereocenters. The molecule has 0 amide bonds. The highest BCUT2D eigenvalue weighted by molar-refractivity contribution is 14.1. The van der Waals surface area contributed by atoms with Gasteiger partial charge in [-0.05, 0) is 28.7 Å². The molecule has 6 heteroatoms. The first-order valence-electron chi connectivity index (χ1n) is 3.20. The molecule has 0 saturated heterocycles. The van der Waals surface area contributed by atoms with Crippen LogP contribution in [0.3, 0.4) is 0 Å². The maximum atomic E-state index is 12.3. The first-order valence-corrected chi connectivity index (χ1v) is 4.28. The van der Waals surface area contributed by atoms with Crippen molar-refractivity contribution in [3.8, 4) is 6.07 Å². The van der Waals surface area contributed by atoms with E-state index < -0.39 is 12.1 Å². The number of rotatable bonds is 1. The molecule has 0 fully saturated rings. The monoisotopic (exact) mass is 295 g/mol. The van der Waals surface area contributed by atoms with Crippen LogP contribution in [0.2, 0.25) is 0 Å². The van der Waals surface area contributed by atoms with Crippen molar-refractivity contribution in [1.29, 1.82) is 5.26 Å². The first-order chi connectivity index (χ1) is 6.06. The van der Waals surface area contributed by atoms with E-state index in [1.165, 1.54) is 6.07 Å². The van der Waals surface area contributed by atoms with E-state index in [1.54, 1.807) is 28.7 Å². The third-order valence-corrected chi connectivity index (χ3v) is 2.22. The van der Waals surface area contributed by atoms with Gasteiger partial charge in [0.1, 0.15) is 15.5 Å². The second-order valence-corrected chi connectivity index (χ2v) is 3.24. The second-order valence-electron chi connectivity index (χ2n) is 2.21. The van der Waals surface area contributed by atoms with E-state index in [-0.39, 0.29) is 15.0 Å². The van der Waals surface area contributed by atoms with Crippen molar-refractivity contribution in [1.82, 2.24) is 4.98 Å². The highest BCUT2D eigenvalue weighted by Crippen LogP contribution is 2.24. The van der Waals surface area contributed by atoms with Crippen LogP contribution >= 0.6 is 22.6 Å². The minimum Gasteiger partial charge on any atom is -0.397 e. The number of nitrogens with zero attached hydrogens (tertiary/aromatic N) is 2. The third-order valence-electron chi connectivity index (χ3n) is 1.36. The summed E-state index contributed by atoms with van der Waals surface area (Å²) in [6, 6.07) is 2.82. The maximum Gasteiger partial charge on any atom is 0.281 e. The van der Waals surface area contributed by atoms with E-state index >= 15 is 0 Å². The Morgan fingerprint density at radius 3 is 2.69 bits per heavy atom. The van der Waals surface area contributed by atoms with E-state index in [0.717, 1.165) is 0 Å². The summed E-state index contributed by atoms with van der Waals surface area (Å²) in [5.74, 6) is 0. The van der Waals surface area contributed by atoms with E-state index in [0.29, 0.717) is 0 Å². The molecule has 2 N–H and O–H groups in total. The Morgan fingerprint density at radius 2 is 2.23 bits per heavy atom. The number of alkyl halides is 2. The average molecular weight is 295 g/mol. The molecule has 0 saturated carbocycles. The molecule has 3 nitrogen and oxygen atoms in total. The zero-order valence-corrected chi connectivity index (χ0v) is 8.42. The van der Waals surface area contributed by atoms with Gasteiger partial charge in [-0.25, -0.2) is 13.8 Å². The summed E-state index contributed by atoms with van der Waals surface area (Å²) in [6.45, 7) is 0. The quantitative estimate of drug-likeness (QED) is 0.637. The first kappa shape index (κ1) is 10.1. The zero-order valence-electron chi connectivity index (χ0n) is 6.26. The van der Waals surface area contributed by atoms with E-state index in [2.05, 4.69) is 4.98 Å². The van der Waals surface area contributed by atoms with Crippen LogP contribution in [0.25, 0.3) is 0 Å². The van der Waals surface area contributed by atoms with Gasteiger partial charge in [-0.1, -0.05) is 0 Å². The SMILES string of the molecule is N#Cc1cc(N)c(I)nc1C(F)F. The lowest BCUT2D eigenvalue weighted by Crippen LogP contribution is -2.01. The van der Waals surface area contributed by atoms with E-state index in [4.69, 9.17) is 11.0 Å². The Morgan fingerprint density at radius 1 is 1.62 bits per heavy atom. The minimum absolute atomic E-state index is 0.173. The predicted octanol–water partition coefficient (Wildman–Crippen LogP) is 2.08.